The van der Waals surface area contributed by atoms with Gasteiger partial charge in [0, 0.05) is 30.4 Å². The van der Waals surface area contributed by atoms with E-state index < -0.39 is 0 Å². The molecule has 0 unspecified atom stereocenters. The lowest BCUT2D eigenvalue weighted by Crippen LogP contribution is -2.24. The zero-order chi connectivity index (χ0) is 16.4. The standard InChI is InChI=1S/C17H17N5O2/c23-17(16-15(10-20-21-16)12-3-5-18-6-4-12)19-9-13-8-14(24-22-13)7-11-1-2-11/h3-6,8,10-11H,1-2,7,9H2,(H,19,23)(H,20,21). The van der Waals surface area contributed by atoms with Crippen molar-refractivity contribution in [1.82, 2.24) is 25.7 Å². The molecule has 0 saturated heterocycles. The van der Waals surface area contributed by atoms with Gasteiger partial charge in [0.15, 0.2) is 0 Å². The summed E-state index contributed by atoms with van der Waals surface area (Å²) in [4.78, 5) is 16.4. The minimum atomic E-state index is -0.231. The van der Waals surface area contributed by atoms with Crippen molar-refractivity contribution in [2.24, 2.45) is 5.92 Å². The average Bonchev–Trinajstić information content (AvgIpc) is 3.11. The van der Waals surface area contributed by atoms with Crippen LogP contribution in [0.5, 0.6) is 0 Å². The Kier molecular flexibility index (Phi) is 3.82. The Hall–Kier alpha value is -2.96. The van der Waals surface area contributed by atoms with Crippen LogP contribution in [0.25, 0.3) is 11.1 Å². The number of carbonyl (C=O) groups is 1. The highest BCUT2D eigenvalue weighted by Gasteiger charge is 2.23. The van der Waals surface area contributed by atoms with E-state index >= 15 is 0 Å². The summed E-state index contributed by atoms with van der Waals surface area (Å²) in [6.07, 6.45) is 8.47. The summed E-state index contributed by atoms with van der Waals surface area (Å²) < 4.78 is 5.30. The van der Waals surface area contributed by atoms with E-state index in [-0.39, 0.29) is 5.91 Å². The minimum Gasteiger partial charge on any atom is -0.361 e. The van der Waals surface area contributed by atoms with Crippen molar-refractivity contribution in [3.05, 3.63) is 53.9 Å². The van der Waals surface area contributed by atoms with E-state index in [1.54, 1.807) is 18.6 Å². The fraction of sp³-hybridized carbons (Fsp3) is 0.294. The SMILES string of the molecule is O=C(NCc1cc(CC2CC2)on1)c1[nH]ncc1-c1ccncc1. The third kappa shape index (κ3) is 3.19. The highest BCUT2D eigenvalue weighted by Crippen LogP contribution is 2.32. The topological polar surface area (TPSA) is 96.7 Å². The molecule has 0 aromatic carbocycles. The molecule has 0 spiro atoms. The molecular formula is C17H17N5O2. The Morgan fingerprint density at radius 3 is 2.96 bits per heavy atom. The van der Waals surface area contributed by atoms with Crippen molar-refractivity contribution in [3.8, 4) is 11.1 Å². The van der Waals surface area contributed by atoms with Crippen LogP contribution in [0.2, 0.25) is 0 Å². The second kappa shape index (κ2) is 6.27. The molecule has 1 aliphatic carbocycles. The van der Waals surface area contributed by atoms with E-state index in [1.807, 2.05) is 18.2 Å². The first kappa shape index (κ1) is 14.6. The van der Waals surface area contributed by atoms with Gasteiger partial charge in [-0.15, -0.1) is 0 Å². The van der Waals surface area contributed by atoms with E-state index in [2.05, 4.69) is 25.7 Å². The number of aromatic amines is 1. The smallest absolute Gasteiger partial charge is 0.270 e. The maximum Gasteiger partial charge on any atom is 0.270 e. The molecule has 1 amide bonds. The van der Waals surface area contributed by atoms with Gasteiger partial charge in [-0.05, 0) is 36.5 Å². The van der Waals surface area contributed by atoms with Crippen LogP contribution in [0, 0.1) is 5.92 Å². The predicted octanol–water partition coefficient (Wildman–Crippen LogP) is 2.34. The fourth-order valence-electron chi connectivity index (χ4n) is 2.61. The number of rotatable bonds is 6. The van der Waals surface area contributed by atoms with Gasteiger partial charge in [-0.25, -0.2) is 0 Å². The molecule has 7 nitrogen and oxygen atoms in total. The summed E-state index contributed by atoms with van der Waals surface area (Å²) in [6, 6.07) is 5.59. The number of hydrogen-bond donors (Lipinski definition) is 2. The van der Waals surface area contributed by atoms with Gasteiger partial charge in [-0.3, -0.25) is 14.9 Å². The van der Waals surface area contributed by atoms with Gasteiger partial charge in [0.25, 0.3) is 5.91 Å². The summed E-state index contributed by atoms with van der Waals surface area (Å²) in [6.45, 7) is 0.321. The monoisotopic (exact) mass is 323 g/mol. The molecule has 0 aliphatic heterocycles. The van der Waals surface area contributed by atoms with Crippen LogP contribution in [0.4, 0.5) is 0 Å². The largest absolute Gasteiger partial charge is 0.361 e. The lowest BCUT2D eigenvalue weighted by atomic mass is 10.1. The van der Waals surface area contributed by atoms with Gasteiger partial charge >= 0.3 is 0 Å². The van der Waals surface area contributed by atoms with E-state index in [1.165, 1.54) is 12.8 Å². The molecule has 2 N–H and O–H groups in total. The molecule has 4 rings (SSSR count). The number of amides is 1. The Morgan fingerprint density at radius 2 is 2.17 bits per heavy atom. The third-order valence-corrected chi connectivity index (χ3v) is 4.08. The van der Waals surface area contributed by atoms with Crippen molar-refractivity contribution < 1.29 is 9.32 Å². The lowest BCUT2D eigenvalue weighted by molar-refractivity contribution is 0.0945. The van der Waals surface area contributed by atoms with Crippen LogP contribution >= 0.6 is 0 Å². The lowest BCUT2D eigenvalue weighted by Gasteiger charge is -2.04. The molecule has 1 fully saturated rings. The molecule has 122 valence electrons. The number of aromatic nitrogens is 4. The van der Waals surface area contributed by atoms with E-state index in [0.717, 1.165) is 34.9 Å². The van der Waals surface area contributed by atoms with Crippen LogP contribution in [0.1, 0.15) is 34.8 Å². The molecule has 1 saturated carbocycles. The van der Waals surface area contributed by atoms with Crippen LogP contribution in [0.15, 0.2) is 41.3 Å². The molecule has 0 bridgehead atoms. The number of hydrogen-bond acceptors (Lipinski definition) is 5. The molecular weight excluding hydrogens is 306 g/mol. The van der Waals surface area contributed by atoms with Crippen molar-refractivity contribution >= 4 is 5.91 Å². The van der Waals surface area contributed by atoms with E-state index in [0.29, 0.717) is 12.2 Å². The summed E-state index contributed by atoms with van der Waals surface area (Å²) in [5.74, 6) is 1.40. The van der Waals surface area contributed by atoms with Gasteiger partial charge < -0.3 is 9.84 Å². The maximum absolute atomic E-state index is 12.4. The highest BCUT2D eigenvalue weighted by molar-refractivity contribution is 5.98. The predicted molar refractivity (Wildman–Crippen MR) is 85.9 cm³/mol. The van der Waals surface area contributed by atoms with Crippen molar-refractivity contribution in [2.75, 3.05) is 0 Å². The van der Waals surface area contributed by atoms with Crippen molar-refractivity contribution in [2.45, 2.75) is 25.8 Å². The molecule has 3 heterocycles. The van der Waals surface area contributed by atoms with Gasteiger partial charge in [-0.2, -0.15) is 5.10 Å². The normalized spacial score (nSPS) is 13.8. The number of carbonyl (C=O) groups excluding carboxylic acids is 1. The van der Waals surface area contributed by atoms with E-state index in [9.17, 15) is 4.79 Å². The molecule has 1 aliphatic rings. The summed E-state index contributed by atoms with van der Waals surface area (Å²) >= 11 is 0. The Balaban J connectivity index is 1.41. The van der Waals surface area contributed by atoms with Crippen LogP contribution < -0.4 is 5.32 Å². The van der Waals surface area contributed by atoms with Crippen LogP contribution in [0.3, 0.4) is 0 Å². The Bertz CT molecular complexity index is 836. The van der Waals surface area contributed by atoms with Crippen molar-refractivity contribution in [1.29, 1.82) is 0 Å². The molecule has 3 aromatic rings. The summed E-state index contributed by atoms with van der Waals surface area (Å²) in [7, 11) is 0. The second-order valence-corrected chi connectivity index (χ2v) is 6.01. The van der Waals surface area contributed by atoms with Gasteiger partial charge in [0.2, 0.25) is 0 Å². The number of nitrogens with one attached hydrogen (secondary N) is 2. The molecule has 3 aromatic heterocycles. The Morgan fingerprint density at radius 1 is 1.33 bits per heavy atom. The van der Waals surface area contributed by atoms with Crippen LogP contribution in [-0.4, -0.2) is 26.2 Å². The first-order valence-corrected chi connectivity index (χ1v) is 7.96. The van der Waals surface area contributed by atoms with Crippen LogP contribution in [-0.2, 0) is 13.0 Å². The number of pyridine rings is 1. The molecule has 0 atom stereocenters. The summed E-state index contributed by atoms with van der Waals surface area (Å²) in [5.41, 5.74) is 2.77. The van der Waals surface area contributed by atoms with E-state index in [4.69, 9.17) is 4.52 Å². The molecule has 7 heteroatoms. The van der Waals surface area contributed by atoms with Crippen molar-refractivity contribution in [3.63, 3.8) is 0 Å². The zero-order valence-electron chi connectivity index (χ0n) is 13.0. The quantitative estimate of drug-likeness (QED) is 0.726. The van der Waals surface area contributed by atoms with Gasteiger partial charge in [0.1, 0.15) is 17.1 Å². The van der Waals surface area contributed by atoms with Gasteiger partial charge in [-0.1, -0.05) is 5.16 Å². The number of nitrogens with zero attached hydrogens (tertiary/aromatic N) is 3. The molecule has 24 heavy (non-hydrogen) atoms. The average molecular weight is 323 g/mol. The number of H-pyrrole nitrogens is 1. The van der Waals surface area contributed by atoms with Gasteiger partial charge in [0.05, 0.1) is 12.7 Å². The minimum absolute atomic E-state index is 0.231. The first-order chi connectivity index (χ1) is 11.8. The second-order valence-electron chi connectivity index (χ2n) is 6.01. The fourth-order valence-corrected chi connectivity index (χ4v) is 2.61. The first-order valence-electron chi connectivity index (χ1n) is 7.96. The zero-order valence-corrected chi connectivity index (χ0v) is 13.0. The highest BCUT2D eigenvalue weighted by atomic mass is 16.5. The summed E-state index contributed by atoms with van der Waals surface area (Å²) in [5, 5.41) is 13.6. The maximum atomic E-state index is 12.4. The Labute approximate surface area is 138 Å². The third-order valence-electron chi connectivity index (χ3n) is 4.08. The molecule has 0 radical (unpaired) electrons.